The van der Waals surface area contributed by atoms with Crippen molar-refractivity contribution in [3.63, 3.8) is 0 Å². The van der Waals surface area contributed by atoms with Gasteiger partial charge in [0.1, 0.15) is 18.2 Å². The van der Waals surface area contributed by atoms with Crippen molar-refractivity contribution in [2.75, 3.05) is 10.6 Å². The van der Waals surface area contributed by atoms with E-state index in [-0.39, 0.29) is 27.2 Å². The predicted octanol–water partition coefficient (Wildman–Crippen LogP) is 4.64. The number of anilines is 2. The number of carbonyl (C=O) groups excluding carboxylic acids is 1. The van der Waals surface area contributed by atoms with Crippen LogP contribution in [0, 0.1) is 11.3 Å². The Kier molecular flexibility index (Phi) is 5.53. The Hall–Kier alpha value is -1.25. The van der Waals surface area contributed by atoms with Gasteiger partial charge in [-0.15, -0.1) is 0 Å². The predicted molar refractivity (Wildman–Crippen MR) is 112 cm³/mol. The maximum absolute atomic E-state index is 15.7. The number of alkyl halides is 1. The van der Waals surface area contributed by atoms with Gasteiger partial charge in [-0.1, -0.05) is 39.3 Å². The molecule has 1 amide bonds. The lowest BCUT2D eigenvalue weighted by Crippen LogP contribution is -2.49. The molecule has 1 aromatic heterocycles. The molecular weight excluding hydrogens is 399 g/mol. The second-order valence-electron chi connectivity index (χ2n) is 9.46. The van der Waals surface area contributed by atoms with E-state index in [0.29, 0.717) is 12.2 Å². The zero-order valence-corrected chi connectivity index (χ0v) is 19.1. The fraction of sp³-hybridized carbons (Fsp3) is 0.737. The van der Waals surface area contributed by atoms with Crippen LogP contribution in [0.25, 0.3) is 0 Å². The minimum absolute atomic E-state index is 0.0127. The summed E-state index contributed by atoms with van der Waals surface area (Å²) < 4.78 is 22.2. The van der Waals surface area contributed by atoms with E-state index in [4.69, 9.17) is 16.0 Å². The molecule has 6 nitrogen and oxygen atoms in total. The van der Waals surface area contributed by atoms with E-state index in [2.05, 4.69) is 61.4 Å². The molecule has 2 fully saturated rings. The number of carbonyl (C=O) groups is 1. The van der Waals surface area contributed by atoms with Gasteiger partial charge in [0.25, 0.3) is 0 Å². The van der Waals surface area contributed by atoms with Crippen LogP contribution in [-0.4, -0.2) is 43.0 Å². The molecule has 0 saturated heterocycles. The van der Waals surface area contributed by atoms with Crippen LogP contribution < -0.4 is 10.6 Å². The lowest BCUT2D eigenvalue weighted by molar-refractivity contribution is -0.105. The van der Waals surface area contributed by atoms with Crippen LogP contribution in [0.15, 0.2) is 6.33 Å². The van der Waals surface area contributed by atoms with Gasteiger partial charge in [0.2, 0.25) is 6.41 Å². The van der Waals surface area contributed by atoms with E-state index in [1.54, 1.807) is 0 Å². The number of nitrogens with zero attached hydrogens (tertiary/aromatic N) is 2. The Morgan fingerprint density at radius 1 is 1.43 bits per heavy atom. The first-order valence-corrected chi connectivity index (χ1v) is 13.1. The molecule has 5 atom stereocenters. The zero-order chi connectivity index (χ0) is 20.9. The smallest absolute Gasteiger partial charge is 0.211 e. The van der Waals surface area contributed by atoms with Gasteiger partial charge in [0.05, 0.1) is 12.1 Å². The molecule has 0 aromatic carbocycles. The van der Waals surface area contributed by atoms with Crippen LogP contribution in [0.1, 0.15) is 40.5 Å². The summed E-state index contributed by atoms with van der Waals surface area (Å²) in [7, 11) is -2.12. The molecule has 2 aliphatic carbocycles. The number of halogens is 2. The number of hydrogen-bond acceptors (Lipinski definition) is 5. The van der Waals surface area contributed by atoms with Gasteiger partial charge in [-0.25, -0.2) is 14.4 Å². The molecule has 9 heteroatoms. The van der Waals surface area contributed by atoms with E-state index < -0.39 is 26.6 Å². The molecule has 1 aromatic rings. The number of aromatic nitrogens is 2. The van der Waals surface area contributed by atoms with Crippen molar-refractivity contribution in [3.05, 3.63) is 11.5 Å². The normalized spacial score (nSPS) is 32.0. The van der Waals surface area contributed by atoms with Crippen molar-refractivity contribution in [2.24, 2.45) is 11.3 Å². The first kappa shape index (κ1) is 21.5. The highest BCUT2D eigenvalue weighted by atomic mass is 35.5. The van der Waals surface area contributed by atoms with Crippen LogP contribution in [0.5, 0.6) is 0 Å². The molecule has 2 N–H and O–H groups in total. The van der Waals surface area contributed by atoms with Crippen LogP contribution >= 0.6 is 11.6 Å². The molecule has 0 unspecified atom stereocenters. The van der Waals surface area contributed by atoms with Crippen molar-refractivity contribution in [1.82, 2.24) is 9.97 Å². The van der Waals surface area contributed by atoms with Crippen LogP contribution in [0.2, 0.25) is 23.3 Å². The van der Waals surface area contributed by atoms with Gasteiger partial charge in [-0.05, 0) is 36.9 Å². The molecule has 28 heavy (non-hydrogen) atoms. The van der Waals surface area contributed by atoms with Gasteiger partial charge in [0, 0.05) is 5.41 Å². The molecule has 2 aliphatic rings. The van der Waals surface area contributed by atoms with Gasteiger partial charge >= 0.3 is 0 Å². The third-order valence-electron chi connectivity index (χ3n) is 7.00. The first-order valence-electron chi connectivity index (χ1n) is 9.77. The Labute approximate surface area is 172 Å². The Morgan fingerprint density at radius 3 is 2.68 bits per heavy atom. The third-order valence-corrected chi connectivity index (χ3v) is 11.7. The average Bonchev–Trinajstić information content (AvgIpc) is 3.29. The van der Waals surface area contributed by atoms with E-state index in [0.717, 1.165) is 12.8 Å². The Morgan fingerprint density at radius 2 is 2.11 bits per heavy atom. The third kappa shape index (κ3) is 3.43. The lowest BCUT2D eigenvalue weighted by atomic mass is 9.97. The molecule has 156 valence electrons. The zero-order valence-electron chi connectivity index (χ0n) is 17.3. The second-order valence-corrected chi connectivity index (χ2v) is 14.6. The summed E-state index contributed by atoms with van der Waals surface area (Å²) in [6.07, 6.45) is 2.02. The summed E-state index contributed by atoms with van der Waals surface area (Å²) >= 11 is 6.07. The monoisotopic (exact) mass is 428 g/mol. The Balaban J connectivity index is 1.86. The maximum atomic E-state index is 15.7. The van der Waals surface area contributed by atoms with E-state index in [1.807, 2.05) is 0 Å². The molecule has 3 rings (SSSR count). The summed E-state index contributed by atoms with van der Waals surface area (Å²) in [4.78, 5) is 19.0. The summed E-state index contributed by atoms with van der Waals surface area (Å²) in [6, 6.07) is -0.437. The number of nitrogens with one attached hydrogen (secondary N) is 2. The van der Waals surface area contributed by atoms with Crippen LogP contribution in [0.4, 0.5) is 15.9 Å². The van der Waals surface area contributed by atoms with Gasteiger partial charge in [-0.3, -0.25) is 4.79 Å². The summed E-state index contributed by atoms with van der Waals surface area (Å²) in [5.74, 6) is 0.504. The molecule has 0 bridgehead atoms. The van der Waals surface area contributed by atoms with Crippen molar-refractivity contribution in [1.29, 1.82) is 0 Å². The summed E-state index contributed by atoms with van der Waals surface area (Å²) in [6.45, 7) is 12.9. The number of rotatable bonds is 7. The quantitative estimate of drug-likeness (QED) is 0.376. The highest BCUT2D eigenvalue weighted by Gasteiger charge is 2.72. The van der Waals surface area contributed by atoms with Crippen molar-refractivity contribution in [2.45, 2.75) is 77.0 Å². The molecule has 0 aliphatic heterocycles. The highest BCUT2D eigenvalue weighted by Crippen LogP contribution is 2.68. The van der Waals surface area contributed by atoms with Gasteiger partial charge in [-0.2, -0.15) is 0 Å². The van der Waals surface area contributed by atoms with E-state index >= 15 is 4.39 Å². The van der Waals surface area contributed by atoms with Gasteiger partial charge < -0.3 is 15.1 Å². The fourth-order valence-electron chi connectivity index (χ4n) is 4.17. The number of fused-ring (bicyclic) bond motifs is 1. The second kappa shape index (κ2) is 7.22. The number of amides is 1. The topological polar surface area (TPSA) is 76.1 Å². The first-order chi connectivity index (χ1) is 13.0. The highest BCUT2D eigenvalue weighted by molar-refractivity contribution is 6.74. The largest absolute Gasteiger partial charge is 0.410 e. The van der Waals surface area contributed by atoms with Crippen LogP contribution in [0.3, 0.4) is 0 Å². The number of hydrogen-bond donors (Lipinski definition) is 2. The molecular formula is C19H30ClFN4O2Si. The SMILES string of the molecule is CC[C@@]12C[C@@H]1[C@@H](Nc1ncnc(Cl)c1NC=O)[C@H](F)[C@@H]2O[Si](C)(C)C(C)(C)C. The van der Waals surface area contributed by atoms with E-state index in [1.165, 1.54) is 6.33 Å². The fourth-order valence-corrected chi connectivity index (χ4v) is 5.71. The van der Waals surface area contributed by atoms with Crippen molar-refractivity contribution < 1.29 is 13.6 Å². The van der Waals surface area contributed by atoms with E-state index in [9.17, 15) is 4.79 Å². The van der Waals surface area contributed by atoms with Crippen molar-refractivity contribution >= 4 is 37.8 Å². The summed E-state index contributed by atoms with van der Waals surface area (Å²) in [5, 5.41) is 5.83. The standard InChI is InChI=1S/C19H30ClFN4O2Si/c1-7-19-8-11(19)13(12(21)15(19)27-28(5,6)18(2,3)4)25-17-14(24-10-26)16(20)22-9-23-17/h9-13,15H,7-8H2,1-6H3,(H,24,26)(H,22,23,25)/t11-,12+,13-,15+,19-/m1/s1. The minimum Gasteiger partial charge on any atom is -0.410 e. The molecule has 1 heterocycles. The minimum atomic E-state index is -2.12. The lowest BCUT2D eigenvalue weighted by Gasteiger charge is -2.41. The van der Waals surface area contributed by atoms with Gasteiger partial charge in [0.15, 0.2) is 19.3 Å². The molecule has 0 spiro atoms. The van der Waals surface area contributed by atoms with Crippen LogP contribution in [-0.2, 0) is 9.22 Å². The molecule has 2 saturated carbocycles. The maximum Gasteiger partial charge on any atom is 0.211 e. The average molecular weight is 429 g/mol. The Bertz CT molecular complexity index is 760. The molecule has 0 radical (unpaired) electrons. The van der Waals surface area contributed by atoms with Crippen molar-refractivity contribution in [3.8, 4) is 0 Å². The summed E-state index contributed by atoms with van der Waals surface area (Å²) in [5.41, 5.74) is 0.129.